The number of carbonyl (C=O) groups excluding carboxylic acids is 1. The Morgan fingerprint density at radius 1 is 1.00 bits per heavy atom. The highest BCUT2D eigenvalue weighted by Crippen LogP contribution is 2.20. The van der Waals surface area contributed by atoms with Crippen LogP contribution in [0, 0.1) is 6.92 Å². The molecular weight excluding hydrogens is 310 g/mol. The molecule has 1 N–H and O–H groups in total. The van der Waals surface area contributed by atoms with E-state index in [-0.39, 0.29) is 11.9 Å². The van der Waals surface area contributed by atoms with Crippen LogP contribution in [0.5, 0.6) is 0 Å². The van der Waals surface area contributed by atoms with Crippen LogP contribution in [-0.2, 0) is 17.8 Å². The molecule has 1 atom stereocenters. The second-order valence-electron chi connectivity index (χ2n) is 7.06. The van der Waals surface area contributed by atoms with Crippen LogP contribution in [0.25, 0.3) is 0 Å². The van der Waals surface area contributed by atoms with Crippen molar-refractivity contribution in [1.82, 2.24) is 10.2 Å². The van der Waals surface area contributed by atoms with Gasteiger partial charge < -0.3 is 15.1 Å². The molecule has 0 bridgehead atoms. The molecule has 1 unspecified atom stereocenters. The second-order valence-corrected chi connectivity index (χ2v) is 7.06. The maximum absolute atomic E-state index is 12.9. The van der Waals surface area contributed by atoms with Gasteiger partial charge in [-0.25, -0.2) is 0 Å². The number of anilines is 1. The summed E-state index contributed by atoms with van der Waals surface area (Å²) in [5, 5.41) is 3.42. The van der Waals surface area contributed by atoms with Gasteiger partial charge in [0.15, 0.2) is 0 Å². The molecule has 2 aliphatic rings. The number of piperazine rings is 1. The topological polar surface area (TPSA) is 35.6 Å². The normalized spacial score (nSPS) is 20.3. The maximum Gasteiger partial charge on any atom is 0.240 e. The van der Waals surface area contributed by atoms with Crippen LogP contribution in [0.4, 0.5) is 5.69 Å². The average molecular weight is 335 g/mol. The Morgan fingerprint density at radius 2 is 1.76 bits per heavy atom. The van der Waals surface area contributed by atoms with Gasteiger partial charge in [-0.2, -0.15) is 0 Å². The van der Waals surface area contributed by atoms with E-state index in [2.05, 4.69) is 65.7 Å². The molecule has 2 aliphatic heterocycles. The summed E-state index contributed by atoms with van der Waals surface area (Å²) < 4.78 is 0. The number of aryl methyl sites for hydroxylation is 1. The van der Waals surface area contributed by atoms with E-state index in [1.807, 2.05) is 4.90 Å². The molecule has 0 spiro atoms. The smallest absolute Gasteiger partial charge is 0.240 e. The number of carbonyl (C=O) groups is 1. The number of benzene rings is 2. The van der Waals surface area contributed by atoms with E-state index in [9.17, 15) is 4.79 Å². The summed E-state index contributed by atoms with van der Waals surface area (Å²) in [4.78, 5) is 17.3. The molecule has 130 valence electrons. The van der Waals surface area contributed by atoms with Crippen molar-refractivity contribution in [3.63, 3.8) is 0 Å². The third kappa shape index (κ3) is 3.40. The van der Waals surface area contributed by atoms with Gasteiger partial charge >= 0.3 is 0 Å². The summed E-state index contributed by atoms with van der Waals surface area (Å²) in [6.07, 6.45) is 0.799. The van der Waals surface area contributed by atoms with Gasteiger partial charge in [0.05, 0.1) is 6.04 Å². The largest absolute Gasteiger partial charge is 0.368 e. The highest BCUT2D eigenvalue weighted by molar-refractivity contribution is 5.83. The Bertz CT molecular complexity index is 765. The van der Waals surface area contributed by atoms with Crippen LogP contribution >= 0.6 is 0 Å². The van der Waals surface area contributed by atoms with Gasteiger partial charge in [-0.1, -0.05) is 36.4 Å². The average Bonchev–Trinajstić information content (AvgIpc) is 2.67. The third-order valence-corrected chi connectivity index (χ3v) is 5.34. The molecule has 4 heteroatoms. The summed E-state index contributed by atoms with van der Waals surface area (Å²) in [7, 11) is 0. The van der Waals surface area contributed by atoms with Gasteiger partial charge in [-0.05, 0) is 42.2 Å². The Morgan fingerprint density at radius 3 is 2.52 bits per heavy atom. The number of nitrogens with one attached hydrogen (secondary N) is 1. The van der Waals surface area contributed by atoms with E-state index in [0.717, 1.165) is 39.1 Å². The lowest BCUT2D eigenvalue weighted by Gasteiger charge is -2.38. The van der Waals surface area contributed by atoms with E-state index in [1.54, 1.807) is 0 Å². The van der Waals surface area contributed by atoms with Crippen molar-refractivity contribution in [3.8, 4) is 0 Å². The van der Waals surface area contributed by atoms with Gasteiger partial charge in [0, 0.05) is 38.4 Å². The van der Waals surface area contributed by atoms with Crippen molar-refractivity contribution in [2.24, 2.45) is 0 Å². The minimum atomic E-state index is -0.0829. The summed E-state index contributed by atoms with van der Waals surface area (Å²) in [6, 6.07) is 16.9. The highest BCUT2D eigenvalue weighted by Gasteiger charge is 2.29. The summed E-state index contributed by atoms with van der Waals surface area (Å²) in [6.45, 7) is 6.31. The Hall–Kier alpha value is -2.33. The molecule has 1 fully saturated rings. The predicted molar refractivity (Wildman–Crippen MR) is 101 cm³/mol. The van der Waals surface area contributed by atoms with Crippen molar-refractivity contribution >= 4 is 11.6 Å². The van der Waals surface area contributed by atoms with Crippen LogP contribution in [0.1, 0.15) is 16.7 Å². The van der Waals surface area contributed by atoms with Crippen molar-refractivity contribution in [2.45, 2.75) is 25.9 Å². The number of hydrogen-bond acceptors (Lipinski definition) is 3. The van der Waals surface area contributed by atoms with Crippen LogP contribution in [-0.4, -0.2) is 43.0 Å². The fourth-order valence-corrected chi connectivity index (χ4v) is 3.86. The molecule has 4 rings (SSSR count). The first-order valence-electron chi connectivity index (χ1n) is 9.11. The molecule has 0 aliphatic carbocycles. The molecule has 0 aromatic heterocycles. The molecule has 2 heterocycles. The zero-order valence-corrected chi connectivity index (χ0v) is 14.7. The van der Waals surface area contributed by atoms with Crippen LogP contribution in [0.2, 0.25) is 0 Å². The van der Waals surface area contributed by atoms with Crippen LogP contribution in [0.3, 0.4) is 0 Å². The van der Waals surface area contributed by atoms with Crippen molar-refractivity contribution in [2.75, 3.05) is 31.1 Å². The zero-order chi connectivity index (χ0) is 17.2. The lowest BCUT2D eigenvalue weighted by Crippen LogP contribution is -2.55. The van der Waals surface area contributed by atoms with Crippen LogP contribution in [0.15, 0.2) is 48.5 Å². The van der Waals surface area contributed by atoms with Gasteiger partial charge in [-0.3, -0.25) is 4.79 Å². The van der Waals surface area contributed by atoms with Gasteiger partial charge in [0.25, 0.3) is 0 Å². The minimum absolute atomic E-state index is 0.0829. The number of amides is 1. The summed E-state index contributed by atoms with van der Waals surface area (Å²) in [5.41, 5.74) is 5.16. The van der Waals surface area contributed by atoms with Gasteiger partial charge in [0.1, 0.15) is 0 Å². The minimum Gasteiger partial charge on any atom is -0.368 e. The highest BCUT2D eigenvalue weighted by atomic mass is 16.2. The Balaban J connectivity index is 1.37. The number of hydrogen-bond donors (Lipinski definition) is 1. The molecule has 1 amide bonds. The van der Waals surface area contributed by atoms with E-state index < -0.39 is 0 Å². The van der Waals surface area contributed by atoms with Gasteiger partial charge in [-0.15, -0.1) is 0 Å². The van der Waals surface area contributed by atoms with E-state index in [4.69, 9.17) is 0 Å². The Kier molecular flexibility index (Phi) is 4.45. The fraction of sp³-hybridized carbons (Fsp3) is 0.381. The number of nitrogens with zero attached hydrogens (tertiary/aromatic N) is 2. The van der Waals surface area contributed by atoms with E-state index in [1.165, 1.54) is 22.4 Å². The first-order chi connectivity index (χ1) is 12.2. The summed E-state index contributed by atoms with van der Waals surface area (Å²) in [5.74, 6) is 0.249. The lowest BCUT2D eigenvalue weighted by molar-refractivity contribution is -0.134. The first-order valence-corrected chi connectivity index (χ1v) is 9.11. The monoisotopic (exact) mass is 335 g/mol. The Labute approximate surface area is 149 Å². The molecule has 1 saturated heterocycles. The van der Waals surface area contributed by atoms with Crippen LogP contribution < -0.4 is 10.2 Å². The SMILES string of the molecule is Cc1cccc(N2CCN(C(=O)C3Cc4ccccc4CN3)CC2)c1. The standard InChI is InChI=1S/C21H25N3O/c1-16-5-4-8-19(13-16)23-9-11-24(12-10-23)21(25)20-14-17-6-2-3-7-18(17)15-22-20/h2-8,13,20,22H,9-12,14-15H2,1H3. The molecule has 2 aromatic carbocycles. The van der Waals surface area contributed by atoms with Crippen molar-refractivity contribution < 1.29 is 4.79 Å². The quantitative estimate of drug-likeness (QED) is 0.915. The summed E-state index contributed by atoms with van der Waals surface area (Å²) >= 11 is 0. The molecule has 4 nitrogen and oxygen atoms in total. The third-order valence-electron chi connectivity index (χ3n) is 5.34. The number of rotatable bonds is 2. The fourth-order valence-electron chi connectivity index (χ4n) is 3.86. The van der Waals surface area contributed by atoms with E-state index in [0.29, 0.717) is 0 Å². The first kappa shape index (κ1) is 16.2. The van der Waals surface area contributed by atoms with Crippen molar-refractivity contribution in [3.05, 3.63) is 65.2 Å². The zero-order valence-electron chi connectivity index (χ0n) is 14.7. The molecule has 0 saturated carbocycles. The maximum atomic E-state index is 12.9. The second kappa shape index (κ2) is 6.89. The molecule has 2 aromatic rings. The molecule has 0 radical (unpaired) electrons. The van der Waals surface area contributed by atoms with Gasteiger partial charge in [0.2, 0.25) is 5.91 Å². The van der Waals surface area contributed by atoms with Crippen molar-refractivity contribution in [1.29, 1.82) is 0 Å². The van der Waals surface area contributed by atoms with E-state index >= 15 is 0 Å². The number of fused-ring (bicyclic) bond motifs is 1. The predicted octanol–water partition coefficient (Wildman–Crippen LogP) is 2.36. The lowest BCUT2D eigenvalue weighted by atomic mass is 9.95. The molecule has 25 heavy (non-hydrogen) atoms. The molecular formula is C21H25N3O.